The van der Waals surface area contributed by atoms with Crippen LogP contribution in [0.4, 0.5) is 0 Å². The SMILES string of the molecule is CC(C)[C@H](NC(=O)[C@H](CCC(=O)O)NC(=O)[C@@H](N)CC(=O)O)C(=O)N[C@@H](CCCN=C(N)N)C(=O)O. The zero-order valence-electron chi connectivity index (χ0n) is 20.1. The van der Waals surface area contributed by atoms with Crippen LogP contribution in [-0.4, -0.2) is 87.6 Å². The molecule has 0 aliphatic carbocycles. The van der Waals surface area contributed by atoms with Crippen LogP contribution in [0.25, 0.3) is 0 Å². The van der Waals surface area contributed by atoms with Gasteiger partial charge in [0.1, 0.15) is 18.1 Å². The highest BCUT2D eigenvalue weighted by molar-refractivity contribution is 5.95. The molecule has 0 bridgehead atoms. The number of nitrogens with one attached hydrogen (secondary N) is 3. The van der Waals surface area contributed by atoms with Gasteiger partial charge in [0.25, 0.3) is 0 Å². The molecule has 0 aromatic rings. The van der Waals surface area contributed by atoms with Crippen LogP contribution in [-0.2, 0) is 28.8 Å². The van der Waals surface area contributed by atoms with Crippen LogP contribution >= 0.6 is 0 Å². The molecule has 0 fully saturated rings. The fourth-order valence-corrected chi connectivity index (χ4v) is 2.91. The topological polar surface area (TPSA) is 290 Å². The van der Waals surface area contributed by atoms with E-state index >= 15 is 0 Å². The molecule has 0 unspecified atom stereocenters. The molecule has 3 amide bonds. The minimum absolute atomic E-state index is 0.00459. The van der Waals surface area contributed by atoms with Gasteiger partial charge in [-0.05, 0) is 25.2 Å². The molecule has 0 aromatic heterocycles. The number of rotatable bonds is 17. The molecule has 0 saturated carbocycles. The number of carboxylic acids is 3. The second-order valence-electron chi connectivity index (χ2n) is 8.28. The Morgan fingerprint density at radius 3 is 1.86 bits per heavy atom. The highest BCUT2D eigenvalue weighted by Gasteiger charge is 2.32. The second kappa shape index (κ2) is 15.9. The summed E-state index contributed by atoms with van der Waals surface area (Å²) in [4.78, 5) is 74.8. The first-order chi connectivity index (χ1) is 16.6. The third kappa shape index (κ3) is 13.1. The Labute approximate surface area is 207 Å². The van der Waals surface area contributed by atoms with Crippen molar-refractivity contribution >= 4 is 41.6 Å². The van der Waals surface area contributed by atoms with Crippen molar-refractivity contribution in [2.24, 2.45) is 28.1 Å². The Hall–Kier alpha value is -3.95. The van der Waals surface area contributed by atoms with Crippen molar-refractivity contribution in [1.29, 1.82) is 0 Å². The van der Waals surface area contributed by atoms with Crippen molar-refractivity contribution in [3.63, 3.8) is 0 Å². The molecule has 0 aliphatic heterocycles. The van der Waals surface area contributed by atoms with E-state index in [1.54, 1.807) is 13.8 Å². The normalized spacial score (nSPS) is 14.0. The Balaban J connectivity index is 5.45. The van der Waals surface area contributed by atoms with Crippen molar-refractivity contribution in [1.82, 2.24) is 16.0 Å². The second-order valence-corrected chi connectivity index (χ2v) is 8.28. The van der Waals surface area contributed by atoms with Crippen LogP contribution < -0.4 is 33.2 Å². The number of amides is 3. The molecule has 4 atom stereocenters. The zero-order valence-corrected chi connectivity index (χ0v) is 20.1. The highest BCUT2D eigenvalue weighted by atomic mass is 16.4. The molecule has 0 radical (unpaired) electrons. The number of carboxylic acid groups (broad SMARTS) is 3. The van der Waals surface area contributed by atoms with Gasteiger partial charge in [-0.2, -0.15) is 0 Å². The van der Waals surface area contributed by atoms with E-state index in [0.717, 1.165) is 0 Å². The van der Waals surface area contributed by atoms with Crippen molar-refractivity contribution in [2.45, 2.75) is 70.1 Å². The predicted molar refractivity (Wildman–Crippen MR) is 125 cm³/mol. The molecule has 0 rings (SSSR count). The number of carbonyl (C=O) groups excluding carboxylic acids is 3. The number of aliphatic imine (C=N–C) groups is 1. The third-order valence-corrected chi connectivity index (χ3v) is 4.82. The summed E-state index contributed by atoms with van der Waals surface area (Å²) in [6, 6.07) is -5.49. The fraction of sp³-hybridized carbons (Fsp3) is 0.650. The summed E-state index contributed by atoms with van der Waals surface area (Å²) >= 11 is 0. The number of hydrogen-bond donors (Lipinski definition) is 9. The standard InChI is InChI=1S/C20H35N7O9/c1-9(2)15(18(34)26-12(19(35)36)4-3-7-24-20(22)23)27-17(33)11(5-6-13(28)29)25-16(32)10(21)8-14(30)31/h9-12,15H,3-8,21H2,1-2H3,(H,25,32)(H,26,34)(H,27,33)(H,28,29)(H,30,31)(H,35,36)(H4,22,23,24)/t10-,11-,12-,15-/m0/s1. The maximum absolute atomic E-state index is 12.8. The first-order valence-corrected chi connectivity index (χ1v) is 11.0. The number of carbonyl (C=O) groups is 6. The van der Waals surface area contributed by atoms with Gasteiger partial charge in [0.2, 0.25) is 17.7 Å². The molecular weight excluding hydrogens is 482 g/mol. The van der Waals surface area contributed by atoms with Crippen LogP contribution in [0.5, 0.6) is 0 Å². The summed E-state index contributed by atoms with van der Waals surface area (Å²) in [5, 5.41) is 34.1. The summed E-state index contributed by atoms with van der Waals surface area (Å²) in [6.45, 7) is 3.29. The maximum Gasteiger partial charge on any atom is 0.326 e. The van der Waals surface area contributed by atoms with Crippen molar-refractivity contribution in [2.75, 3.05) is 6.54 Å². The van der Waals surface area contributed by atoms with Gasteiger partial charge in [-0.25, -0.2) is 4.79 Å². The van der Waals surface area contributed by atoms with Crippen LogP contribution in [0.2, 0.25) is 0 Å². The van der Waals surface area contributed by atoms with E-state index < -0.39 is 78.6 Å². The lowest BCUT2D eigenvalue weighted by atomic mass is 10.0. The molecule has 36 heavy (non-hydrogen) atoms. The highest BCUT2D eigenvalue weighted by Crippen LogP contribution is 2.08. The summed E-state index contributed by atoms with van der Waals surface area (Å²) in [5.41, 5.74) is 15.9. The van der Waals surface area contributed by atoms with Gasteiger partial charge in [-0.1, -0.05) is 13.8 Å². The van der Waals surface area contributed by atoms with E-state index in [9.17, 15) is 33.9 Å². The molecule has 0 saturated heterocycles. The van der Waals surface area contributed by atoms with Crippen LogP contribution in [0.3, 0.4) is 0 Å². The summed E-state index contributed by atoms with van der Waals surface area (Å²) in [6.07, 6.45) is -1.39. The van der Waals surface area contributed by atoms with Gasteiger partial charge in [0.05, 0.1) is 12.5 Å². The Morgan fingerprint density at radius 2 is 1.39 bits per heavy atom. The van der Waals surface area contributed by atoms with Gasteiger partial charge in [0.15, 0.2) is 5.96 Å². The fourth-order valence-electron chi connectivity index (χ4n) is 2.91. The van der Waals surface area contributed by atoms with Gasteiger partial charge in [0, 0.05) is 13.0 Å². The van der Waals surface area contributed by atoms with E-state index in [1.165, 1.54) is 0 Å². The molecular formula is C20H35N7O9. The predicted octanol–water partition coefficient (Wildman–Crippen LogP) is -3.10. The first kappa shape index (κ1) is 32.0. The summed E-state index contributed by atoms with van der Waals surface area (Å²) in [5.74, 6) is -7.38. The number of guanidine groups is 1. The molecule has 12 N–H and O–H groups in total. The van der Waals surface area contributed by atoms with E-state index in [0.29, 0.717) is 0 Å². The molecule has 16 nitrogen and oxygen atoms in total. The smallest absolute Gasteiger partial charge is 0.326 e. The van der Waals surface area contributed by atoms with Crippen molar-refractivity contribution in [3.8, 4) is 0 Å². The Morgan fingerprint density at radius 1 is 0.806 bits per heavy atom. The maximum atomic E-state index is 12.8. The first-order valence-electron chi connectivity index (χ1n) is 11.0. The monoisotopic (exact) mass is 517 g/mol. The third-order valence-electron chi connectivity index (χ3n) is 4.82. The van der Waals surface area contributed by atoms with Crippen molar-refractivity contribution < 1.29 is 44.1 Å². The van der Waals surface area contributed by atoms with E-state index in [-0.39, 0.29) is 31.8 Å². The number of nitrogens with zero attached hydrogens (tertiary/aromatic N) is 1. The van der Waals surface area contributed by atoms with Crippen LogP contribution in [0, 0.1) is 5.92 Å². The largest absolute Gasteiger partial charge is 0.481 e. The van der Waals surface area contributed by atoms with E-state index in [2.05, 4.69) is 20.9 Å². The van der Waals surface area contributed by atoms with Crippen LogP contribution in [0.15, 0.2) is 4.99 Å². The number of nitrogens with two attached hydrogens (primary N) is 3. The summed E-state index contributed by atoms with van der Waals surface area (Å²) < 4.78 is 0. The Bertz CT molecular complexity index is 843. The molecule has 0 heterocycles. The van der Waals surface area contributed by atoms with Crippen LogP contribution in [0.1, 0.15) is 46.0 Å². The van der Waals surface area contributed by atoms with Gasteiger partial charge in [-0.15, -0.1) is 0 Å². The number of aliphatic carboxylic acids is 3. The molecule has 204 valence electrons. The average Bonchev–Trinajstić information content (AvgIpc) is 2.75. The molecule has 0 spiro atoms. The van der Waals surface area contributed by atoms with Crippen molar-refractivity contribution in [3.05, 3.63) is 0 Å². The molecule has 0 aromatic carbocycles. The molecule has 0 aliphatic rings. The van der Waals surface area contributed by atoms with Gasteiger partial charge in [-0.3, -0.25) is 29.0 Å². The van der Waals surface area contributed by atoms with E-state index in [1.807, 2.05) is 0 Å². The lowest BCUT2D eigenvalue weighted by Crippen LogP contribution is -2.58. The number of hydrogen-bond acceptors (Lipinski definition) is 8. The van der Waals surface area contributed by atoms with E-state index in [4.69, 9.17) is 27.4 Å². The lowest BCUT2D eigenvalue weighted by Gasteiger charge is -2.27. The minimum Gasteiger partial charge on any atom is -0.481 e. The quantitative estimate of drug-likeness (QED) is 0.0526. The summed E-state index contributed by atoms with van der Waals surface area (Å²) in [7, 11) is 0. The molecule has 16 heteroatoms. The average molecular weight is 518 g/mol. The van der Waals surface area contributed by atoms with Gasteiger partial charge < -0.3 is 48.5 Å². The lowest BCUT2D eigenvalue weighted by molar-refractivity contribution is -0.142. The Kier molecular flexibility index (Phi) is 14.1. The minimum atomic E-state index is -1.50. The van der Waals surface area contributed by atoms with Gasteiger partial charge >= 0.3 is 17.9 Å². The zero-order chi connectivity index (χ0) is 28.0.